The van der Waals surface area contributed by atoms with Crippen LogP contribution in [0.25, 0.3) is 0 Å². The summed E-state index contributed by atoms with van der Waals surface area (Å²) >= 11 is 0. The Balaban J connectivity index is 2.40. The average molecular weight is 226 g/mol. The highest BCUT2D eigenvalue weighted by atomic mass is 16.6. The van der Waals surface area contributed by atoms with E-state index in [0.29, 0.717) is 25.0 Å². The third-order valence-corrected chi connectivity index (χ3v) is 3.11. The highest BCUT2D eigenvalue weighted by Crippen LogP contribution is 2.38. The number of ketones is 1. The Labute approximate surface area is 97.5 Å². The molecule has 0 saturated heterocycles. The molecule has 0 heterocycles. The quantitative estimate of drug-likeness (QED) is 0.695. The Morgan fingerprint density at radius 3 is 2.50 bits per heavy atom. The minimum atomic E-state index is -0.433. The smallest absolute Gasteiger partial charge is 0.306 e. The molecule has 0 aromatic carbocycles. The molecular weight excluding hydrogens is 204 g/mol. The lowest BCUT2D eigenvalue weighted by atomic mass is 9.83. The summed E-state index contributed by atoms with van der Waals surface area (Å²) in [5.41, 5.74) is -0.714. The lowest BCUT2D eigenvalue weighted by molar-refractivity contribution is -0.155. The van der Waals surface area contributed by atoms with Crippen molar-refractivity contribution in [2.24, 2.45) is 5.41 Å². The lowest BCUT2D eigenvalue weighted by Crippen LogP contribution is -2.27. The van der Waals surface area contributed by atoms with Gasteiger partial charge in [-0.2, -0.15) is 0 Å². The number of Topliss-reactive ketones (excluding diaryl/α,β-unsaturated/α-hetero) is 1. The van der Waals surface area contributed by atoms with Crippen molar-refractivity contribution in [1.82, 2.24) is 0 Å². The number of esters is 1. The van der Waals surface area contributed by atoms with E-state index in [0.717, 1.165) is 12.8 Å². The molecule has 16 heavy (non-hydrogen) atoms. The van der Waals surface area contributed by atoms with Crippen LogP contribution in [0.3, 0.4) is 0 Å². The molecule has 0 amide bonds. The summed E-state index contributed by atoms with van der Waals surface area (Å²) in [4.78, 5) is 23.2. The molecule has 0 spiro atoms. The van der Waals surface area contributed by atoms with E-state index in [2.05, 4.69) is 0 Å². The summed E-state index contributed by atoms with van der Waals surface area (Å²) in [5.74, 6) is 0.101. The highest BCUT2D eigenvalue weighted by molar-refractivity contribution is 5.86. The van der Waals surface area contributed by atoms with Crippen LogP contribution in [0.1, 0.15) is 59.8 Å². The fourth-order valence-corrected chi connectivity index (χ4v) is 2.12. The number of hydrogen-bond donors (Lipinski definition) is 0. The van der Waals surface area contributed by atoms with Gasteiger partial charge in [-0.25, -0.2) is 0 Å². The standard InChI is InChI=1S/C13H22O3/c1-12(2,3)16-11(15)7-9-13(4)8-5-6-10(13)14/h5-9H2,1-4H3/t13-/m0/s1. The van der Waals surface area contributed by atoms with Gasteiger partial charge < -0.3 is 4.74 Å². The molecule has 1 fully saturated rings. The van der Waals surface area contributed by atoms with Crippen LogP contribution in [-0.4, -0.2) is 17.4 Å². The monoisotopic (exact) mass is 226 g/mol. The molecule has 0 aromatic rings. The normalized spacial score (nSPS) is 25.9. The first-order valence-electron chi connectivity index (χ1n) is 5.98. The Bertz CT molecular complexity index is 288. The molecule has 0 bridgehead atoms. The second-order valence-corrected chi connectivity index (χ2v) is 5.92. The topological polar surface area (TPSA) is 43.4 Å². The molecule has 92 valence electrons. The first kappa shape index (κ1) is 13.2. The lowest BCUT2D eigenvalue weighted by Gasteiger charge is -2.23. The molecule has 0 aliphatic heterocycles. The summed E-state index contributed by atoms with van der Waals surface area (Å²) in [6.07, 6.45) is 3.52. The van der Waals surface area contributed by atoms with Crippen LogP contribution in [-0.2, 0) is 14.3 Å². The van der Waals surface area contributed by atoms with Crippen molar-refractivity contribution in [3.63, 3.8) is 0 Å². The molecule has 1 aliphatic rings. The zero-order valence-corrected chi connectivity index (χ0v) is 10.8. The van der Waals surface area contributed by atoms with Crippen molar-refractivity contribution >= 4 is 11.8 Å². The van der Waals surface area contributed by atoms with E-state index in [9.17, 15) is 9.59 Å². The van der Waals surface area contributed by atoms with Gasteiger partial charge in [0.25, 0.3) is 0 Å². The summed E-state index contributed by atoms with van der Waals surface area (Å²) < 4.78 is 5.23. The van der Waals surface area contributed by atoms with Crippen LogP contribution in [0.2, 0.25) is 0 Å². The molecule has 1 saturated carbocycles. The van der Waals surface area contributed by atoms with Crippen molar-refractivity contribution in [2.75, 3.05) is 0 Å². The minimum absolute atomic E-state index is 0.201. The molecule has 0 aromatic heterocycles. The van der Waals surface area contributed by atoms with Gasteiger partial charge in [0.15, 0.2) is 0 Å². The number of hydrogen-bond acceptors (Lipinski definition) is 3. The van der Waals surface area contributed by atoms with E-state index in [1.165, 1.54) is 0 Å². The zero-order chi connectivity index (χ0) is 12.4. The predicted octanol–water partition coefficient (Wildman–Crippen LogP) is 2.87. The van der Waals surface area contributed by atoms with Crippen LogP contribution < -0.4 is 0 Å². The Kier molecular flexibility index (Phi) is 3.76. The van der Waals surface area contributed by atoms with Gasteiger partial charge in [-0.15, -0.1) is 0 Å². The molecule has 3 nitrogen and oxygen atoms in total. The highest BCUT2D eigenvalue weighted by Gasteiger charge is 2.37. The second kappa shape index (κ2) is 4.56. The second-order valence-electron chi connectivity index (χ2n) is 5.92. The predicted molar refractivity (Wildman–Crippen MR) is 62.0 cm³/mol. The third-order valence-electron chi connectivity index (χ3n) is 3.11. The third kappa shape index (κ3) is 3.62. The van der Waals surface area contributed by atoms with Gasteiger partial charge in [0.05, 0.1) is 0 Å². The van der Waals surface area contributed by atoms with Crippen molar-refractivity contribution in [3.8, 4) is 0 Å². The molecule has 1 atom stereocenters. The van der Waals surface area contributed by atoms with Crippen LogP contribution in [0.5, 0.6) is 0 Å². The largest absolute Gasteiger partial charge is 0.460 e. The maximum Gasteiger partial charge on any atom is 0.306 e. The van der Waals surface area contributed by atoms with Crippen LogP contribution in [0.4, 0.5) is 0 Å². The zero-order valence-electron chi connectivity index (χ0n) is 10.8. The summed E-state index contributed by atoms with van der Waals surface area (Å²) in [6, 6.07) is 0. The summed E-state index contributed by atoms with van der Waals surface area (Å²) in [5, 5.41) is 0. The number of rotatable bonds is 3. The van der Waals surface area contributed by atoms with Crippen molar-refractivity contribution in [2.45, 2.75) is 65.4 Å². The van der Waals surface area contributed by atoms with Crippen molar-refractivity contribution in [1.29, 1.82) is 0 Å². The van der Waals surface area contributed by atoms with Crippen LogP contribution >= 0.6 is 0 Å². The fourth-order valence-electron chi connectivity index (χ4n) is 2.12. The SMILES string of the molecule is CC(C)(C)OC(=O)CC[C@]1(C)CCCC1=O. The van der Waals surface area contributed by atoms with Crippen molar-refractivity contribution < 1.29 is 14.3 Å². The summed E-state index contributed by atoms with van der Waals surface area (Å²) in [7, 11) is 0. The number of carbonyl (C=O) groups excluding carboxylic acids is 2. The van der Waals surface area contributed by atoms with Crippen LogP contribution in [0.15, 0.2) is 0 Å². The van der Waals surface area contributed by atoms with Crippen molar-refractivity contribution in [3.05, 3.63) is 0 Å². The number of carbonyl (C=O) groups is 2. The van der Waals surface area contributed by atoms with E-state index in [-0.39, 0.29) is 11.4 Å². The molecule has 0 N–H and O–H groups in total. The van der Waals surface area contributed by atoms with Gasteiger partial charge >= 0.3 is 5.97 Å². The summed E-state index contributed by atoms with van der Waals surface area (Å²) in [6.45, 7) is 7.53. The fraction of sp³-hybridized carbons (Fsp3) is 0.846. The number of ether oxygens (including phenoxy) is 1. The molecule has 1 aliphatic carbocycles. The van der Waals surface area contributed by atoms with Gasteiger partial charge in [-0.3, -0.25) is 9.59 Å². The Hall–Kier alpha value is -0.860. The van der Waals surface area contributed by atoms with E-state index in [1.54, 1.807) is 0 Å². The maximum absolute atomic E-state index is 11.6. The Morgan fingerprint density at radius 2 is 2.06 bits per heavy atom. The van der Waals surface area contributed by atoms with Gasteiger partial charge in [-0.1, -0.05) is 6.92 Å². The first-order valence-corrected chi connectivity index (χ1v) is 5.98. The Morgan fingerprint density at radius 1 is 1.44 bits per heavy atom. The van der Waals surface area contributed by atoms with Gasteiger partial charge in [0, 0.05) is 18.3 Å². The minimum Gasteiger partial charge on any atom is -0.460 e. The molecule has 0 unspecified atom stereocenters. The van der Waals surface area contributed by atoms with Gasteiger partial charge in [0.1, 0.15) is 11.4 Å². The van der Waals surface area contributed by atoms with Gasteiger partial charge in [0.2, 0.25) is 0 Å². The van der Waals surface area contributed by atoms with Crippen LogP contribution in [0, 0.1) is 5.41 Å². The van der Waals surface area contributed by atoms with Gasteiger partial charge in [-0.05, 0) is 40.0 Å². The molecule has 0 radical (unpaired) electrons. The molecule has 1 rings (SSSR count). The first-order chi connectivity index (χ1) is 7.23. The van der Waals surface area contributed by atoms with E-state index < -0.39 is 5.60 Å². The molecule has 3 heteroatoms. The molecular formula is C13H22O3. The average Bonchev–Trinajstić information content (AvgIpc) is 2.42. The van der Waals surface area contributed by atoms with E-state index in [4.69, 9.17) is 4.74 Å². The van der Waals surface area contributed by atoms with E-state index in [1.807, 2.05) is 27.7 Å². The van der Waals surface area contributed by atoms with E-state index >= 15 is 0 Å². The maximum atomic E-state index is 11.6.